The summed E-state index contributed by atoms with van der Waals surface area (Å²) in [7, 11) is -3.60. The lowest BCUT2D eigenvalue weighted by Gasteiger charge is -2.08. The summed E-state index contributed by atoms with van der Waals surface area (Å²) in [6, 6.07) is 14.2. The fourth-order valence-corrected chi connectivity index (χ4v) is 3.64. The van der Waals surface area contributed by atoms with E-state index >= 15 is 0 Å². The van der Waals surface area contributed by atoms with Crippen molar-refractivity contribution in [3.05, 3.63) is 60.9 Å². The normalized spacial score (nSPS) is 11.6. The molecule has 4 aromatic rings. The molecule has 3 heterocycles. The van der Waals surface area contributed by atoms with Crippen LogP contribution in [0.2, 0.25) is 0 Å². The van der Waals surface area contributed by atoms with E-state index in [1.807, 2.05) is 30.3 Å². The zero-order valence-corrected chi connectivity index (χ0v) is 16.0. The molecule has 0 aliphatic carbocycles. The minimum atomic E-state index is -3.60. The SMILES string of the molecule is CC(=O)n1nc(-c2ccncc2)c2c(-c3ccccc3)nc(S(C)(=O)=O)cc21. The predicted molar refractivity (Wildman–Crippen MR) is 106 cm³/mol. The van der Waals surface area contributed by atoms with Gasteiger partial charge in [0.25, 0.3) is 0 Å². The van der Waals surface area contributed by atoms with Gasteiger partial charge in [-0.25, -0.2) is 13.4 Å². The van der Waals surface area contributed by atoms with Gasteiger partial charge in [0.2, 0.25) is 5.91 Å². The summed E-state index contributed by atoms with van der Waals surface area (Å²) in [4.78, 5) is 20.7. The fourth-order valence-electron chi connectivity index (χ4n) is 3.06. The van der Waals surface area contributed by atoms with Gasteiger partial charge in [-0.1, -0.05) is 30.3 Å². The Morgan fingerprint density at radius 3 is 2.21 bits per heavy atom. The largest absolute Gasteiger partial charge is 0.273 e. The highest BCUT2D eigenvalue weighted by atomic mass is 32.2. The average Bonchev–Trinajstić information content (AvgIpc) is 3.08. The summed E-state index contributed by atoms with van der Waals surface area (Å²) in [5.74, 6) is -0.324. The molecule has 0 radical (unpaired) electrons. The number of pyridine rings is 2. The standard InChI is InChI=1S/C20H16N4O3S/c1-13(25)24-16-12-17(28(2,26)27)22-19(14-6-4-3-5-7-14)18(16)20(23-24)15-8-10-21-11-9-15/h3-12H,1-2H3. The Balaban J connectivity index is 2.20. The van der Waals surface area contributed by atoms with Gasteiger partial charge in [-0.15, -0.1) is 0 Å². The molecule has 0 N–H and O–H groups in total. The van der Waals surface area contributed by atoms with Gasteiger partial charge in [0, 0.05) is 42.8 Å². The second kappa shape index (κ2) is 6.65. The van der Waals surface area contributed by atoms with Crippen LogP contribution in [0.5, 0.6) is 0 Å². The smallest absolute Gasteiger partial charge is 0.244 e. The zero-order chi connectivity index (χ0) is 19.9. The molecule has 0 amide bonds. The second-order valence-electron chi connectivity index (χ2n) is 6.36. The van der Waals surface area contributed by atoms with Crippen LogP contribution in [0.4, 0.5) is 0 Å². The molecule has 0 unspecified atom stereocenters. The average molecular weight is 392 g/mol. The van der Waals surface area contributed by atoms with Crippen LogP contribution >= 0.6 is 0 Å². The van der Waals surface area contributed by atoms with E-state index in [0.717, 1.165) is 17.4 Å². The molecule has 0 atom stereocenters. The lowest BCUT2D eigenvalue weighted by atomic mass is 10.0. The van der Waals surface area contributed by atoms with E-state index < -0.39 is 9.84 Å². The molecule has 0 saturated heterocycles. The third kappa shape index (κ3) is 3.07. The van der Waals surface area contributed by atoms with Crippen molar-refractivity contribution < 1.29 is 13.2 Å². The summed E-state index contributed by atoms with van der Waals surface area (Å²) in [6.45, 7) is 1.38. The number of sulfone groups is 1. The maximum Gasteiger partial charge on any atom is 0.244 e. The van der Waals surface area contributed by atoms with Crippen molar-refractivity contribution in [3.63, 3.8) is 0 Å². The molecule has 0 aliphatic heterocycles. The van der Waals surface area contributed by atoms with Crippen molar-refractivity contribution in [2.75, 3.05) is 6.26 Å². The topological polar surface area (TPSA) is 94.8 Å². The van der Waals surface area contributed by atoms with Crippen molar-refractivity contribution in [1.29, 1.82) is 0 Å². The second-order valence-corrected chi connectivity index (χ2v) is 8.32. The first-order chi connectivity index (χ1) is 13.4. The molecule has 8 heteroatoms. The van der Waals surface area contributed by atoms with Crippen molar-refractivity contribution in [3.8, 4) is 22.5 Å². The summed E-state index contributed by atoms with van der Waals surface area (Å²) in [6.07, 6.45) is 4.36. The van der Waals surface area contributed by atoms with E-state index in [2.05, 4.69) is 15.1 Å². The van der Waals surface area contributed by atoms with E-state index in [1.165, 1.54) is 17.7 Å². The minimum absolute atomic E-state index is 0.109. The number of hydrogen-bond donors (Lipinski definition) is 0. The monoisotopic (exact) mass is 392 g/mol. The summed E-state index contributed by atoms with van der Waals surface area (Å²) in [5.41, 5.74) is 2.88. The van der Waals surface area contributed by atoms with Crippen molar-refractivity contribution in [2.45, 2.75) is 11.9 Å². The molecule has 140 valence electrons. The molecule has 0 bridgehead atoms. The Bertz CT molecular complexity index is 1300. The van der Waals surface area contributed by atoms with Crippen molar-refractivity contribution >= 4 is 26.6 Å². The van der Waals surface area contributed by atoms with E-state index in [4.69, 9.17) is 0 Å². The molecule has 7 nitrogen and oxygen atoms in total. The van der Waals surface area contributed by atoms with Gasteiger partial charge in [0.15, 0.2) is 14.9 Å². The molecular weight excluding hydrogens is 376 g/mol. The molecule has 28 heavy (non-hydrogen) atoms. The van der Waals surface area contributed by atoms with Gasteiger partial charge >= 0.3 is 0 Å². The minimum Gasteiger partial charge on any atom is -0.273 e. The number of fused-ring (bicyclic) bond motifs is 1. The number of carbonyl (C=O) groups excluding carboxylic acids is 1. The molecule has 1 aromatic carbocycles. The Hall–Kier alpha value is -3.39. The van der Waals surface area contributed by atoms with E-state index in [0.29, 0.717) is 22.3 Å². The number of hydrogen-bond acceptors (Lipinski definition) is 6. The first-order valence-electron chi connectivity index (χ1n) is 8.47. The highest BCUT2D eigenvalue weighted by Crippen LogP contribution is 2.36. The molecule has 0 fully saturated rings. The van der Waals surface area contributed by atoms with Gasteiger partial charge in [0.1, 0.15) is 5.69 Å². The van der Waals surface area contributed by atoms with E-state index in [1.54, 1.807) is 24.5 Å². The van der Waals surface area contributed by atoms with Crippen LogP contribution in [0.25, 0.3) is 33.4 Å². The molecule has 3 aromatic heterocycles. The number of nitrogens with zero attached hydrogens (tertiary/aromatic N) is 4. The van der Waals surface area contributed by atoms with Crippen LogP contribution in [0.3, 0.4) is 0 Å². The third-order valence-corrected chi connectivity index (χ3v) is 5.29. The number of aromatic nitrogens is 4. The Kier molecular flexibility index (Phi) is 4.27. The Morgan fingerprint density at radius 2 is 1.61 bits per heavy atom. The van der Waals surface area contributed by atoms with Crippen LogP contribution in [0.1, 0.15) is 11.7 Å². The van der Waals surface area contributed by atoms with Gasteiger partial charge in [0.05, 0.1) is 16.6 Å². The Morgan fingerprint density at radius 1 is 0.964 bits per heavy atom. The molecule has 0 saturated carbocycles. The highest BCUT2D eigenvalue weighted by molar-refractivity contribution is 7.90. The Labute approximate surface area is 161 Å². The van der Waals surface area contributed by atoms with E-state index in [9.17, 15) is 13.2 Å². The summed E-state index contributed by atoms with van der Waals surface area (Å²) < 4.78 is 25.7. The summed E-state index contributed by atoms with van der Waals surface area (Å²) in [5, 5.41) is 4.98. The number of rotatable bonds is 3. The lowest BCUT2D eigenvalue weighted by Crippen LogP contribution is -2.08. The molecule has 4 rings (SSSR count). The molecule has 0 spiro atoms. The van der Waals surface area contributed by atoms with Crippen LogP contribution in [0.15, 0.2) is 66.0 Å². The van der Waals surface area contributed by atoms with E-state index in [-0.39, 0.29) is 10.9 Å². The third-order valence-electron chi connectivity index (χ3n) is 4.32. The first-order valence-corrected chi connectivity index (χ1v) is 10.4. The number of benzene rings is 1. The van der Waals surface area contributed by atoms with Gasteiger partial charge in [-0.05, 0) is 12.1 Å². The van der Waals surface area contributed by atoms with Gasteiger partial charge in [-0.3, -0.25) is 9.78 Å². The summed E-state index contributed by atoms with van der Waals surface area (Å²) >= 11 is 0. The van der Waals surface area contributed by atoms with Gasteiger partial charge in [-0.2, -0.15) is 9.78 Å². The lowest BCUT2D eigenvalue weighted by molar-refractivity contribution is 0.0927. The van der Waals surface area contributed by atoms with Crippen LogP contribution in [0, 0.1) is 0 Å². The number of carbonyl (C=O) groups is 1. The predicted octanol–water partition coefficient (Wildman–Crippen LogP) is 3.22. The molecular formula is C20H16N4O3S. The van der Waals surface area contributed by atoms with Crippen LogP contribution < -0.4 is 0 Å². The maximum atomic E-state index is 12.2. The fraction of sp³-hybridized carbons (Fsp3) is 0.100. The first kappa shape index (κ1) is 18.0. The van der Waals surface area contributed by atoms with Crippen molar-refractivity contribution in [1.82, 2.24) is 19.7 Å². The highest BCUT2D eigenvalue weighted by Gasteiger charge is 2.23. The van der Waals surface area contributed by atoms with Gasteiger partial charge < -0.3 is 0 Å². The quantitative estimate of drug-likeness (QED) is 0.531. The van der Waals surface area contributed by atoms with Crippen LogP contribution in [-0.2, 0) is 9.84 Å². The zero-order valence-electron chi connectivity index (χ0n) is 15.2. The van der Waals surface area contributed by atoms with Crippen molar-refractivity contribution in [2.24, 2.45) is 0 Å². The maximum absolute atomic E-state index is 12.2. The molecule has 0 aliphatic rings. The van der Waals surface area contributed by atoms with Crippen LogP contribution in [-0.4, -0.2) is 40.3 Å².